The van der Waals surface area contributed by atoms with E-state index in [0.29, 0.717) is 0 Å². The molecule has 0 radical (unpaired) electrons. The molecule has 0 bridgehead atoms. The molecule has 0 saturated carbocycles. The summed E-state index contributed by atoms with van der Waals surface area (Å²) in [5.74, 6) is 2.67. The second-order valence-electron chi connectivity index (χ2n) is 3.49. The fraction of sp³-hybridized carbons (Fsp3) is 1.00. The number of nitrogens with zero attached hydrogens (tertiary/aromatic N) is 1. The van der Waals surface area contributed by atoms with Crippen molar-refractivity contribution in [1.29, 1.82) is 0 Å². The molecule has 0 aromatic heterocycles. The minimum absolute atomic E-state index is 0.317. The highest BCUT2D eigenvalue weighted by atomic mass is 32.3. The summed E-state index contributed by atoms with van der Waals surface area (Å²) in [5, 5.41) is 0. The molecule has 0 rings (SSSR count). The summed E-state index contributed by atoms with van der Waals surface area (Å²) >= 11 is 0. The first-order valence-corrected chi connectivity index (χ1v) is 7.25. The van der Waals surface area contributed by atoms with Gasteiger partial charge < -0.3 is 0 Å². The topological polar surface area (TPSA) is 3.24 Å². The molecule has 0 aliphatic carbocycles. The Balaban J connectivity index is 3.79. The molecule has 0 unspecified atom stereocenters. The van der Waals surface area contributed by atoms with Crippen molar-refractivity contribution in [3.8, 4) is 0 Å². The molecule has 0 amide bonds. The lowest BCUT2D eigenvalue weighted by atomic mass is 10.6. The molecule has 2 heteroatoms. The van der Waals surface area contributed by atoms with Crippen LogP contribution in [0.15, 0.2) is 0 Å². The Labute approximate surface area is 73.5 Å². The number of rotatable bonds is 5. The van der Waals surface area contributed by atoms with E-state index in [0.717, 1.165) is 0 Å². The van der Waals surface area contributed by atoms with Gasteiger partial charge in [0, 0.05) is 5.88 Å². The first-order chi connectivity index (χ1) is 5.05. The Morgan fingerprint density at radius 1 is 1.00 bits per heavy atom. The summed E-state index contributed by atoms with van der Waals surface area (Å²) in [6, 6.07) is 0. The third-order valence-corrected chi connectivity index (χ3v) is 4.84. The standard InChI is InChI=1S/C9H23NS/c1-6-10(7-2)9-11(4,5)8-3/h6-9H2,1-5H3. The molecule has 70 valence electrons. The largest absolute Gasteiger partial charge is 0.296 e. The van der Waals surface area contributed by atoms with Crippen LogP contribution in [0.3, 0.4) is 0 Å². The summed E-state index contributed by atoms with van der Waals surface area (Å²) in [6.45, 7) is 9.20. The molecule has 0 aliphatic heterocycles. The van der Waals surface area contributed by atoms with Gasteiger partial charge in [-0.3, -0.25) is 4.90 Å². The Morgan fingerprint density at radius 3 is 1.73 bits per heavy atom. The van der Waals surface area contributed by atoms with Gasteiger partial charge in [-0.05, 0) is 31.4 Å². The monoisotopic (exact) mass is 177 g/mol. The summed E-state index contributed by atoms with van der Waals surface area (Å²) < 4.78 is 0. The first kappa shape index (κ1) is 11.3. The van der Waals surface area contributed by atoms with Crippen LogP contribution in [0, 0.1) is 0 Å². The highest BCUT2D eigenvalue weighted by Gasteiger charge is 2.11. The van der Waals surface area contributed by atoms with Crippen molar-refractivity contribution in [2.45, 2.75) is 20.8 Å². The van der Waals surface area contributed by atoms with Crippen molar-refractivity contribution in [2.75, 3.05) is 37.2 Å². The van der Waals surface area contributed by atoms with Crippen LogP contribution < -0.4 is 0 Å². The van der Waals surface area contributed by atoms with E-state index in [1.165, 1.54) is 24.7 Å². The van der Waals surface area contributed by atoms with E-state index in [9.17, 15) is 0 Å². The Kier molecular flexibility index (Phi) is 5.19. The van der Waals surface area contributed by atoms with E-state index in [1.54, 1.807) is 0 Å². The zero-order valence-electron chi connectivity index (χ0n) is 8.68. The lowest BCUT2D eigenvalue weighted by Crippen LogP contribution is -2.27. The Bertz CT molecular complexity index is 97.7. The Morgan fingerprint density at radius 2 is 1.45 bits per heavy atom. The van der Waals surface area contributed by atoms with Gasteiger partial charge in [0.05, 0.1) is 0 Å². The molecule has 0 heterocycles. The number of hydrogen-bond acceptors (Lipinski definition) is 1. The van der Waals surface area contributed by atoms with Crippen molar-refractivity contribution in [3.05, 3.63) is 0 Å². The fourth-order valence-corrected chi connectivity index (χ4v) is 2.53. The molecule has 0 N–H and O–H groups in total. The van der Waals surface area contributed by atoms with Crippen LogP contribution in [0.25, 0.3) is 0 Å². The zero-order valence-corrected chi connectivity index (χ0v) is 9.50. The van der Waals surface area contributed by atoms with E-state index >= 15 is 0 Å². The summed E-state index contributed by atoms with van der Waals surface area (Å²) in [7, 11) is -0.317. The highest BCUT2D eigenvalue weighted by Crippen LogP contribution is 2.39. The zero-order chi connectivity index (χ0) is 8.91. The van der Waals surface area contributed by atoms with Crippen LogP contribution in [0.2, 0.25) is 0 Å². The number of hydrogen-bond donors (Lipinski definition) is 0. The molecule has 1 nitrogen and oxygen atoms in total. The van der Waals surface area contributed by atoms with E-state index in [4.69, 9.17) is 0 Å². The first-order valence-electron chi connectivity index (χ1n) is 4.46. The quantitative estimate of drug-likeness (QED) is 0.623. The predicted octanol–water partition coefficient (Wildman–Crippen LogP) is 2.37. The van der Waals surface area contributed by atoms with Gasteiger partial charge in [-0.25, -0.2) is 10.0 Å². The molecule has 0 aromatic carbocycles. The van der Waals surface area contributed by atoms with Crippen molar-refractivity contribution in [1.82, 2.24) is 4.90 Å². The predicted molar refractivity (Wildman–Crippen MR) is 57.8 cm³/mol. The van der Waals surface area contributed by atoms with Crippen molar-refractivity contribution in [3.63, 3.8) is 0 Å². The summed E-state index contributed by atoms with van der Waals surface area (Å²) in [5.41, 5.74) is 0. The molecular weight excluding hydrogens is 154 g/mol. The molecular formula is C9H23NS. The minimum atomic E-state index is -0.317. The van der Waals surface area contributed by atoms with E-state index in [2.05, 4.69) is 38.2 Å². The van der Waals surface area contributed by atoms with Gasteiger partial charge in [0.1, 0.15) is 0 Å². The van der Waals surface area contributed by atoms with Crippen LogP contribution in [-0.4, -0.2) is 42.1 Å². The van der Waals surface area contributed by atoms with Gasteiger partial charge in [-0.1, -0.05) is 20.8 Å². The molecule has 0 fully saturated rings. The maximum atomic E-state index is 2.53. The van der Waals surface area contributed by atoms with E-state index < -0.39 is 0 Å². The molecule has 0 atom stereocenters. The average molecular weight is 177 g/mol. The third kappa shape index (κ3) is 4.70. The molecule has 0 aromatic rings. The lowest BCUT2D eigenvalue weighted by molar-refractivity contribution is 0.356. The van der Waals surface area contributed by atoms with Crippen LogP contribution >= 0.6 is 10.0 Å². The highest BCUT2D eigenvalue weighted by molar-refractivity contribution is 8.32. The van der Waals surface area contributed by atoms with Gasteiger partial charge in [-0.2, -0.15) is 0 Å². The van der Waals surface area contributed by atoms with E-state index in [-0.39, 0.29) is 10.0 Å². The van der Waals surface area contributed by atoms with Crippen LogP contribution in [0.4, 0.5) is 0 Å². The molecule has 11 heavy (non-hydrogen) atoms. The smallest absolute Gasteiger partial charge is 0.0285 e. The van der Waals surface area contributed by atoms with Crippen LogP contribution in [-0.2, 0) is 0 Å². The van der Waals surface area contributed by atoms with Gasteiger partial charge in [0.25, 0.3) is 0 Å². The van der Waals surface area contributed by atoms with Crippen molar-refractivity contribution < 1.29 is 0 Å². The maximum absolute atomic E-state index is 2.53. The van der Waals surface area contributed by atoms with Crippen molar-refractivity contribution >= 4 is 10.0 Å². The van der Waals surface area contributed by atoms with Crippen LogP contribution in [0.1, 0.15) is 20.8 Å². The molecule has 0 aliphatic rings. The second-order valence-corrected chi connectivity index (χ2v) is 7.86. The van der Waals surface area contributed by atoms with Gasteiger partial charge in [-0.15, -0.1) is 0 Å². The SMILES string of the molecule is CCN(CC)CS(C)(C)CC. The summed E-state index contributed by atoms with van der Waals surface area (Å²) in [4.78, 5) is 2.53. The second kappa shape index (κ2) is 5.04. The van der Waals surface area contributed by atoms with Crippen molar-refractivity contribution in [2.24, 2.45) is 0 Å². The van der Waals surface area contributed by atoms with Crippen LogP contribution in [0.5, 0.6) is 0 Å². The third-order valence-electron chi connectivity index (χ3n) is 2.21. The Hall–Kier alpha value is 0.310. The molecule has 0 saturated heterocycles. The maximum Gasteiger partial charge on any atom is 0.0285 e. The minimum Gasteiger partial charge on any atom is -0.296 e. The average Bonchev–Trinajstić information content (AvgIpc) is 2.00. The lowest BCUT2D eigenvalue weighted by Gasteiger charge is -2.35. The normalized spacial score (nSPS) is 14.0. The van der Waals surface area contributed by atoms with E-state index in [1.807, 2.05) is 0 Å². The van der Waals surface area contributed by atoms with Gasteiger partial charge in [0.2, 0.25) is 0 Å². The van der Waals surface area contributed by atoms with Gasteiger partial charge in [0.15, 0.2) is 0 Å². The summed E-state index contributed by atoms with van der Waals surface area (Å²) in [6.07, 6.45) is 4.84. The van der Waals surface area contributed by atoms with Gasteiger partial charge >= 0.3 is 0 Å². The molecule has 0 spiro atoms. The fourth-order valence-electron chi connectivity index (χ4n) is 0.992.